The van der Waals surface area contributed by atoms with Crippen molar-refractivity contribution in [1.29, 1.82) is 0 Å². The molecular formula is C38H49N9O5. The van der Waals surface area contributed by atoms with Gasteiger partial charge in [0, 0.05) is 37.0 Å². The molecule has 0 saturated heterocycles. The van der Waals surface area contributed by atoms with Crippen LogP contribution < -0.4 is 0 Å². The molecule has 0 unspecified atom stereocenters. The van der Waals surface area contributed by atoms with E-state index in [0.717, 1.165) is 74.9 Å². The molecule has 6 atom stereocenters. The molecule has 6 aliphatic rings. The minimum Gasteiger partial charge on any atom is -0.374 e. The number of rotatable bonds is 5. The summed E-state index contributed by atoms with van der Waals surface area (Å²) in [4.78, 5) is 35.7. The van der Waals surface area contributed by atoms with Gasteiger partial charge in [0.2, 0.25) is 0 Å². The third-order valence-corrected chi connectivity index (χ3v) is 13.2. The average Bonchev–Trinajstić information content (AvgIpc) is 3.98. The number of carbonyl (C=O) groups excluding carboxylic acids is 3. The normalized spacial score (nSPS) is 32.1. The Kier molecular flexibility index (Phi) is 9.81. The number of nitrogens with one attached hydrogen (secondary N) is 1. The molecule has 276 valence electrons. The van der Waals surface area contributed by atoms with Gasteiger partial charge in [0.25, 0.3) is 0 Å². The van der Waals surface area contributed by atoms with Gasteiger partial charge in [-0.1, -0.05) is 42.7 Å². The Balaban J connectivity index is 0.000000122. The van der Waals surface area contributed by atoms with Crippen molar-refractivity contribution in [2.75, 3.05) is 0 Å². The summed E-state index contributed by atoms with van der Waals surface area (Å²) >= 11 is 0. The van der Waals surface area contributed by atoms with Gasteiger partial charge < -0.3 is 10.2 Å². The molecule has 52 heavy (non-hydrogen) atoms. The maximum Gasteiger partial charge on any atom is 0.155 e. The minimum atomic E-state index is -0.190. The Hall–Kier alpha value is -4.43. The molecule has 14 heteroatoms. The molecule has 0 spiro atoms. The van der Waals surface area contributed by atoms with Crippen molar-refractivity contribution in [2.45, 2.75) is 129 Å². The number of aliphatic hydroxyl groups excluding tert-OH is 2. The number of ketones is 3. The molecule has 3 N–H and O–H groups in total. The second kappa shape index (κ2) is 14.2. The molecular weight excluding hydrogens is 662 g/mol. The fourth-order valence-electron chi connectivity index (χ4n) is 9.93. The first kappa shape index (κ1) is 36.0. The second-order valence-electron chi connectivity index (χ2n) is 15.9. The van der Waals surface area contributed by atoms with Crippen molar-refractivity contribution < 1.29 is 24.6 Å². The van der Waals surface area contributed by atoms with E-state index in [0.29, 0.717) is 37.0 Å². The number of hydrogen-bond acceptors (Lipinski definition) is 11. The first-order valence-electron chi connectivity index (χ1n) is 18.6. The van der Waals surface area contributed by atoms with Crippen molar-refractivity contribution in [3.8, 4) is 0 Å². The van der Waals surface area contributed by atoms with Gasteiger partial charge >= 0.3 is 0 Å². The van der Waals surface area contributed by atoms with E-state index < -0.39 is 0 Å². The number of H-pyrrole nitrogens is 1. The molecule has 9 rings (SSSR count). The lowest BCUT2D eigenvalue weighted by Gasteiger charge is -2.34. The van der Waals surface area contributed by atoms with Gasteiger partial charge in [0.1, 0.15) is 6.73 Å². The lowest BCUT2D eigenvalue weighted by molar-refractivity contribution is -0.116. The fourth-order valence-corrected chi connectivity index (χ4v) is 9.93. The Morgan fingerprint density at radius 1 is 0.692 bits per heavy atom. The minimum absolute atomic E-state index is 0.0459. The number of fused-ring (bicyclic) bond motifs is 3. The zero-order chi connectivity index (χ0) is 36.7. The Labute approximate surface area is 302 Å². The molecule has 0 radical (unpaired) electrons. The van der Waals surface area contributed by atoms with Gasteiger partial charge in [0.15, 0.2) is 24.1 Å². The van der Waals surface area contributed by atoms with E-state index >= 15 is 0 Å². The van der Waals surface area contributed by atoms with E-state index in [2.05, 4.69) is 56.7 Å². The highest BCUT2D eigenvalue weighted by Gasteiger charge is 2.48. The number of aromatic amines is 1. The van der Waals surface area contributed by atoms with Crippen LogP contribution in [0.1, 0.15) is 133 Å². The van der Waals surface area contributed by atoms with Crippen LogP contribution in [0, 0.1) is 16.2 Å². The highest BCUT2D eigenvalue weighted by Crippen LogP contribution is 2.58. The summed E-state index contributed by atoms with van der Waals surface area (Å²) in [5, 5.41) is 45.2. The molecule has 3 fully saturated rings. The largest absolute Gasteiger partial charge is 0.374 e. The van der Waals surface area contributed by atoms with Crippen LogP contribution in [0.4, 0.5) is 0 Å². The molecule has 0 aliphatic heterocycles. The van der Waals surface area contributed by atoms with Gasteiger partial charge in [-0.15, -0.1) is 5.10 Å². The summed E-state index contributed by atoms with van der Waals surface area (Å²) in [6, 6.07) is 0. The van der Waals surface area contributed by atoms with Gasteiger partial charge in [-0.3, -0.25) is 14.4 Å². The number of allylic oxidation sites excluding steroid dienone is 6. The van der Waals surface area contributed by atoms with Crippen molar-refractivity contribution in [1.82, 2.24) is 45.4 Å². The number of aliphatic hydroxyl groups is 2. The summed E-state index contributed by atoms with van der Waals surface area (Å²) in [6.45, 7) is 6.38. The topological polar surface area (TPSA) is 195 Å². The van der Waals surface area contributed by atoms with Crippen molar-refractivity contribution >= 4 is 17.3 Å². The Morgan fingerprint density at radius 2 is 1.19 bits per heavy atom. The smallest absolute Gasteiger partial charge is 0.155 e. The maximum atomic E-state index is 11.5. The van der Waals surface area contributed by atoms with Crippen LogP contribution in [0.2, 0.25) is 0 Å². The lowest BCUT2D eigenvalue weighted by atomic mass is 9.69. The predicted octanol–water partition coefficient (Wildman–Crippen LogP) is 4.78. The van der Waals surface area contributed by atoms with Crippen LogP contribution >= 0.6 is 0 Å². The van der Waals surface area contributed by atoms with Crippen LogP contribution in [0.5, 0.6) is 0 Å². The molecule has 3 aromatic rings. The number of aromatic nitrogens is 9. The highest BCUT2D eigenvalue weighted by molar-refractivity contribution is 5.92. The van der Waals surface area contributed by atoms with E-state index in [1.807, 2.05) is 30.6 Å². The zero-order valence-electron chi connectivity index (χ0n) is 30.3. The first-order valence-corrected chi connectivity index (χ1v) is 18.6. The molecule has 6 aliphatic carbocycles. The Morgan fingerprint density at radius 3 is 1.62 bits per heavy atom. The SMILES string of the molecule is C[C@]12CCC(=O)C=C1CC[C@@H]2c1cn(CO)nn1.C[C@]12CCC(=O)C=C1CC[C@@H]2c1cn[nH]n1.C[C@]12CCC(=O)C=C1CC[C@@H]2c1cnn(CO)n1. The van der Waals surface area contributed by atoms with Crippen molar-refractivity contribution in [3.05, 3.63) is 70.6 Å². The zero-order valence-corrected chi connectivity index (χ0v) is 30.3. The molecule has 0 aromatic carbocycles. The predicted molar refractivity (Wildman–Crippen MR) is 188 cm³/mol. The molecule has 3 saturated carbocycles. The van der Waals surface area contributed by atoms with E-state index in [9.17, 15) is 14.4 Å². The Bertz CT molecular complexity index is 1830. The average molecular weight is 712 g/mol. The van der Waals surface area contributed by atoms with Gasteiger partial charge in [-0.2, -0.15) is 30.4 Å². The molecule has 3 heterocycles. The van der Waals surface area contributed by atoms with E-state index in [1.54, 1.807) is 6.20 Å². The maximum absolute atomic E-state index is 11.5. The number of carbonyl (C=O) groups is 3. The van der Waals surface area contributed by atoms with Crippen LogP contribution in [0.3, 0.4) is 0 Å². The summed E-state index contributed by atoms with van der Waals surface area (Å²) in [5.41, 5.74) is 6.98. The van der Waals surface area contributed by atoms with Crippen molar-refractivity contribution in [3.63, 3.8) is 0 Å². The third-order valence-electron chi connectivity index (χ3n) is 13.2. The first-order chi connectivity index (χ1) is 25.0. The van der Waals surface area contributed by atoms with Gasteiger partial charge in [-0.05, 0) is 92.3 Å². The number of nitrogens with zero attached hydrogens (tertiary/aromatic N) is 8. The third kappa shape index (κ3) is 6.55. The fraction of sp³-hybridized carbons (Fsp3) is 0.605. The molecule has 14 nitrogen and oxygen atoms in total. The van der Waals surface area contributed by atoms with E-state index in [4.69, 9.17) is 10.2 Å². The molecule has 0 bridgehead atoms. The van der Waals surface area contributed by atoms with Crippen LogP contribution in [0.15, 0.2) is 53.5 Å². The summed E-state index contributed by atoms with van der Waals surface area (Å²) < 4.78 is 1.44. The number of hydrogen-bond donors (Lipinski definition) is 3. The van der Waals surface area contributed by atoms with Crippen LogP contribution in [0.25, 0.3) is 0 Å². The summed E-state index contributed by atoms with van der Waals surface area (Å²) in [6.07, 6.45) is 21.7. The highest BCUT2D eigenvalue weighted by atomic mass is 16.3. The van der Waals surface area contributed by atoms with E-state index in [1.165, 1.54) is 26.2 Å². The quantitative estimate of drug-likeness (QED) is 0.330. The monoisotopic (exact) mass is 711 g/mol. The van der Waals surface area contributed by atoms with Crippen molar-refractivity contribution in [2.24, 2.45) is 16.2 Å². The molecule has 3 aromatic heterocycles. The lowest BCUT2D eigenvalue weighted by Crippen LogP contribution is -2.27. The van der Waals surface area contributed by atoms with Crippen LogP contribution in [-0.2, 0) is 27.8 Å². The van der Waals surface area contributed by atoms with Crippen LogP contribution in [-0.4, -0.2) is 73.0 Å². The summed E-state index contributed by atoms with van der Waals surface area (Å²) in [5.74, 6) is 1.84. The summed E-state index contributed by atoms with van der Waals surface area (Å²) in [7, 11) is 0. The second-order valence-corrected chi connectivity index (χ2v) is 15.9. The standard InChI is InChI=1S/2C13H17N3O2.C12H15N3O/c1-13-5-4-10(18)6-9(13)2-3-11(13)12-7-16(8-17)15-14-12;1-13-5-4-10(18)6-9(13)2-3-11(13)12-7-14-16(8-17)15-12;1-12-5-4-9(16)6-8(12)2-3-10(12)11-7-13-15-14-11/h2*6-7,11,17H,2-5,8H2,1H3;6-7,10H,2-5H2,1H3,(H,13,14,15)/t2*11-,13+;10-,12+/m111/s1. The van der Waals surface area contributed by atoms with E-state index in [-0.39, 0.29) is 47.1 Å². The van der Waals surface area contributed by atoms with Gasteiger partial charge in [-0.25, -0.2) is 4.68 Å². The molecule has 0 amide bonds. The van der Waals surface area contributed by atoms with Gasteiger partial charge in [0.05, 0.1) is 35.7 Å².